The maximum absolute atomic E-state index is 11.4. The molecule has 0 radical (unpaired) electrons. The molecule has 0 aliphatic rings. The Bertz CT molecular complexity index is 350. The molecule has 174 valence electrons. The van der Waals surface area contributed by atoms with Gasteiger partial charge in [0.15, 0.2) is 0 Å². The molecular formula is C24H49NO4. The van der Waals surface area contributed by atoms with Gasteiger partial charge >= 0.3 is 6.09 Å². The predicted molar refractivity (Wildman–Crippen MR) is 121 cm³/mol. The average molecular weight is 416 g/mol. The second-order valence-electron chi connectivity index (χ2n) is 8.46. The number of rotatable bonds is 21. The first-order valence-corrected chi connectivity index (χ1v) is 12.2. The van der Waals surface area contributed by atoms with E-state index in [-0.39, 0.29) is 13.2 Å². The molecule has 1 unspecified atom stereocenters. The van der Waals surface area contributed by atoms with Crippen molar-refractivity contribution >= 4 is 6.09 Å². The van der Waals surface area contributed by atoms with Gasteiger partial charge in [0.1, 0.15) is 6.10 Å². The minimum absolute atomic E-state index is 0.210. The summed E-state index contributed by atoms with van der Waals surface area (Å²) in [7, 11) is 3.24. The fourth-order valence-corrected chi connectivity index (χ4v) is 3.34. The van der Waals surface area contributed by atoms with E-state index in [9.17, 15) is 9.90 Å². The monoisotopic (exact) mass is 415 g/mol. The van der Waals surface area contributed by atoms with Crippen LogP contribution in [0, 0.1) is 0 Å². The van der Waals surface area contributed by atoms with Gasteiger partial charge in [0.05, 0.1) is 13.2 Å². The van der Waals surface area contributed by atoms with Crippen LogP contribution in [0.25, 0.3) is 0 Å². The number of aliphatic hydroxyl groups excluding tert-OH is 1. The fourth-order valence-electron chi connectivity index (χ4n) is 3.34. The van der Waals surface area contributed by atoms with Crippen molar-refractivity contribution in [2.75, 3.05) is 33.9 Å². The molecule has 5 nitrogen and oxygen atoms in total. The van der Waals surface area contributed by atoms with Crippen molar-refractivity contribution in [1.29, 1.82) is 0 Å². The van der Waals surface area contributed by atoms with Gasteiger partial charge in [-0.1, -0.05) is 103 Å². The van der Waals surface area contributed by atoms with Crippen LogP contribution in [0.4, 0.5) is 4.79 Å². The lowest BCUT2D eigenvalue weighted by molar-refractivity contribution is -0.0157. The third kappa shape index (κ3) is 20.2. The predicted octanol–water partition coefficient (Wildman–Crippen LogP) is 6.32. The maximum atomic E-state index is 11.4. The molecule has 0 aliphatic carbocycles. The third-order valence-electron chi connectivity index (χ3n) is 5.28. The first kappa shape index (κ1) is 28.2. The lowest BCUT2D eigenvalue weighted by Crippen LogP contribution is -2.32. The van der Waals surface area contributed by atoms with E-state index in [1.807, 2.05) is 0 Å². The number of hydrogen-bond donors (Lipinski definition) is 1. The van der Waals surface area contributed by atoms with Gasteiger partial charge in [-0.25, -0.2) is 4.79 Å². The lowest BCUT2D eigenvalue weighted by atomic mass is 10.0. The summed E-state index contributed by atoms with van der Waals surface area (Å²) in [5.41, 5.74) is 0. The summed E-state index contributed by atoms with van der Waals surface area (Å²) in [6.07, 6.45) is 20.6. The summed E-state index contributed by atoms with van der Waals surface area (Å²) in [4.78, 5) is 12.8. The Labute approximate surface area is 180 Å². The summed E-state index contributed by atoms with van der Waals surface area (Å²) < 4.78 is 10.6. The molecular weight excluding hydrogens is 366 g/mol. The summed E-state index contributed by atoms with van der Waals surface area (Å²) in [5, 5.41) is 9.22. The van der Waals surface area contributed by atoms with Crippen molar-refractivity contribution in [2.24, 2.45) is 0 Å². The minimum Gasteiger partial charge on any atom is -0.441 e. The maximum Gasteiger partial charge on any atom is 0.409 e. The fraction of sp³-hybridized carbons (Fsp3) is 0.958. The van der Waals surface area contributed by atoms with E-state index in [4.69, 9.17) is 9.47 Å². The highest BCUT2D eigenvalue weighted by Gasteiger charge is 2.14. The SMILES string of the molecule is CCCCCCCCCCCCCCCCCCOCC(CO)OC(=O)N(C)C. The molecule has 0 saturated carbocycles. The molecule has 0 aliphatic heterocycles. The quantitative estimate of drug-likeness (QED) is 0.223. The van der Waals surface area contributed by atoms with Crippen molar-refractivity contribution in [3.05, 3.63) is 0 Å². The summed E-state index contributed by atoms with van der Waals surface area (Å²) in [5.74, 6) is 0. The van der Waals surface area contributed by atoms with E-state index in [0.717, 1.165) is 6.42 Å². The largest absolute Gasteiger partial charge is 0.441 e. The number of carbonyl (C=O) groups is 1. The number of carbonyl (C=O) groups excluding carboxylic acids is 1. The van der Waals surface area contributed by atoms with Crippen LogP contribution in [-0.2, 0) is 9.47 Å². The van der Waals surface area contributed by atoms with E-state index in [1.165, 1.54) is 101 Å². The molecule has 0 aromatic carbocycles. The Morgan fingerprint density at radius 2 is 1.17 bits per heavy atom. The van der Waals surface area contributed by atoms with Crippen molar-refractivity contribution in [2.45, 2.75) is 116 Å². The Morgan fingerprint density at radius 3 is 1.55 bits per heavy atom. The molecule has 0 saturated heterocycles. The van der Waals surface area contributed by atoms with E-state index >= 15 is 0 Å². The molecule has 1 atom stereocenters. The summed E-state index contributed by atoms with van der Waals surface area (Å²) in [6.45, 7) is 2.99. The minimum atomic E-state index is -0.578. The van der Waals surface area contributed by atoms with Crippen molar-refractivity contribution in [1.82, 2.24) is 4.90 Å². The van der Waals surface area contributed by atoms with Crippen LogP contribution in [0.3, 0.4) is 0 Å². The van der Waals surface area contributed by atoms with Gasteiger partial charge in [-0.15, -0.1) is 0 Å². The Kier molecular flexibility index (Phi) is 21.3. The number of aliphatic hydroxyl groups is 1. The van der Waals surface area contributed by atoms with E-state index < -0.39 is 12.2 Å². The van der Waals surface area contributed by atoms with Crippen molar-refractivity contribution in [3.8, 4) is 0 Å². The zero-order valence-electron chi connectivity index (χ0n) is 19.6. The smallest absolute Gasteiger partial charge is 0.409 e. The Hall–Kier alpha value is -0.810. The molecule has 5 heteroatoms. The van der Waals surface area contributed by atoms with Gasteiger partial charge in [-0.2, -0.15) is 0 Å². The highest BCUT2D eigenvalue weighted by atomic mass is 16.6. The van der Waals surface area contributed by atoms with Crippen molar-refractivity contribution in [3.63, 3.8) is 0 Å². The van der Waals surface area contributed by atoms with E-state index in [1.54, 1.807) is 14.1 Å². The molecule has 0 aromatic heterocycles. The zero-order chi connectivity index (χ0) is 21.6. The lowest BCUT2D eigenvalue weighted by Gasteiger charge is -2.18. The van der Waals surface area contributed by atoms with Crippen LogP contribution in [-0.4, -0.2) is 56.1 Å². The van der Waals surface area contributed by atoms with Crippen LogP contribution in [0.15, 0.2) is 0 Å². The number of amides is 1. The number of ether oxygens (including phenoxy) is 2. The topological polar surface area (TPSA) is 59.0 Å². The van der Waals surface area contributed by atoms with E-state index in [0.29, 0.717) is 6.61 Å². The van der Waals surface area contributed by atoms with Crippen LogP contribution in [0.5, 0.6) is 0 Å². The molecule has 1 N–H and O–H groups in total. The Balaban J connectivity index is 3.24. The van der Waals surface area contributed by atoms with E-state index in [2.05, 4.69) is 6.92 Å². The van der Waals surface area contributed by atoms with Gasteiger partial charge in [-0.05, 0) is 6.42 Å². The molecule has 0 aromatic rings. The van der Waals surface area contributed by atoms with Gasteiger partial charge in [0.25, 0.3) is 0 Å². The van der Waals surface area contributed by atoms with Crippen LogP contribution in [0.2, 0.25) is 0 Å². The number of hydrogen-bond acceptors (Lipinski definition) is 4. The third-order valence-corrected chi connectivity index (χ3v) is 5.28. The normalized spacial score (nSPS) is 12.1. The second kappa shape index (κ2) is 21.9. The second-order valence-corrected chi connectivity index (χ2v) is 8.46. The molecule has 29 heavy (non-hydrogen) atoms. The molecule has 0 bridgehead atoms. The standard InChI is InChI=1S/C24H49NO4/c1-4-5-6-7-8-9-10-11-12-13-14-15-16-17-18-19-20-28-22-23(21-26)29-24(27)25(2)3/h23,26H,4-22H2,1-3H3. The van der Waals surface area contributed by atoms with Crippen LogP contribution < -0.4 is 0 Å². The molecule has 0 spiro atoms. The van der Waals surface area contributed by atoms with Gasteiger partial charge in [0, 0.05) is 20.7 Å². The highest BCUT2D eigenvalue weighted by molar-refractivity contribution is 5.66. The Morgan fingerprint density at radius 1 is 0.759 bits per heavy atom. The van der Waals surface area contributed by atoms with Gasteiger partial charge in [-0.3, -0.25) is 0 Å². The van der Waals surface area contributed by atoms with Crippen LogP contribution in [0.1, 0.15) is 110 Å². The van der Waals surface area contributed by atoms with Crippen LogP contribution >= 0.6 is 0 Å². The number of unbranched alkanes of at least 4 members (excludes halogenated alkanes) is 15. The molecule has 0 heterocycles. The highest BCUT2D eigenvalue weighted by Crippen LogP contribution is 2.13. The first-order valence-electron chi connectivity index (χ1n) is 12.2. The van der Waals surface area contributed by atoms with Gasteiger partial charge < -0.3 is 19.5 Å². The molecule has 0 fully saturated rings. The van der Waals surface area contributed by atoms with Crippen molar-refractivity contribution < 1.29 is 19.4 Å². The average Bonchev–Trinajstić information content (AvgIpc) is 2.71. The number of nitrogens with zero attached hydrogens (tertiary/aromatic N) is 1. The van der Waals surface area contributed by atoms with Gasteiger partial charge in [0.2, 0.25) is 0 Å². The molecule has 0 rings (SSSR count). The molecule has 1 amide bonds. The first-order chi connectivity index (χ1) is 14.1. The summed E-state index contributed by atoms with van der Waals surface area (Å²) in [6, 6.07) is 0. The summed E-state index contributed by atoms with van der Waals surface area (Å²) >= 11 is 0. The zero-order valence-corrected chi connectivity index (χ0v) is 19.6.